The van der Waals surface area contributed by atoms with Crippen LogP contribution in [0.2, 0.25) is 0 Å². The molecule has 0 saturated carbocycles. The first kappa shape index (κ1) is 12.2. The fourth-order valence-electron chi connectivity index (χ4n) is 0.941. The van der Waals surface area contributed by atoms with E-state index in [0.29, 0.717) is 0 Å². The van der Waals surface area contributed by atoms with Crippen LogP contribution in [0.25, 0.3) is 0 Å². The number of carbonyl (C=O) groups excluding carboxylic acids is 1. The molecule has 0 aliphatic carbocycles. The summed E-state index contributed by atoms with van der Waals surface area (Å²) in [7, 11) is 0. The van der Waals surface area contributed by atoms with Crippen LogP contribution in [-0.4, -0.2) is 28.9 Å². The number of anilines is 1. The molecule has 0 aromatic carbocycles. The Morgan fingerprint density at radius 1 is 1.62 bits per heavy atom. The molecule has 1 unspecified atom stereocenters. The molecule has 2 N–H and O–H groups in total. The van der Waals surface area contributed by atoms with Gasteiger partial charge in [-0.15, -0.1) is 0 Å². The monoisotopic (exact) mass is 222 g/mol. The highest BCUT2D eigenvalue weighted by molar-refractivity contribution is 5.87. The molecule has 0 fully saturated rings. The van der Waals surface area contributed by atoms with Crippen molar-refractivity contribution in [3.05, 3.63) is 36.7 Å². The zero-order chi connectivity index (χ0) is 12.0. The van der Waals surface area contributed by atoms with E-state index in [1.807, 2.05) is 0 Å². The molecule has 1 heterocycles. The molecule has 1 aromatic heterocycles. The number of rotatable bonds is 5. The Morgan fingerprint density at radius 3 is 2.81 bits per heavy atom. The van der Waals surface area contributed by atoms with Crippen LogP contribution >= 0.6 is 0 Å². The van der Waals surface area contributed by atoms with Gasteiger partial charge in [0, 0.05) is 23.7 Å². The van der Waals surface area contributed by atoms with Gasteiger partial charge < -0.3 is 15.2 Å². The van der Waals surface area contributed by atoms with Crippen molar-refractivity contribution in [2.75, 3.05) is 11.9 Å². The van der Waals surface area contributed by atoms with Crippen molar-refractivity contribution < 1.29 is 14.6 Å². The molecule has 16 heavy (non-hydrogen) atoms. The molecule has 1 atom stereocenters. The minimum atomic E-state index is -1.20. The van der Waals surface area contributed by atoms with Crippen LogP contribution in [0.4, 0.5) is 5.69 Å². The van der Waals surface area contributed by atoms with E-state index >= 15 is 0 Å². The Labute approximate surface area is 93.8 Å². The van der Waals surface area contributed by atoms with Gasteiger partial charge in [0.25, 0.3) is 0 Å². The van der Waals surface area contributed by atoms with Crippen LogP contribution < -0.4 is 5.32 Å². The van der Waals surface area contributed by atoms with Crippen molar-refractivity contribution in [2.45, 2.75) is 13.2 Å². The molecule has 1 rings (SSSR count). The van der Waals surface area contributed by atoms with E-state index in [1.165, 1.54) is 6.92 Å². The lowest BCUT2D eigenvalue weighted by molar-refractivity contribution is -0.160. The molecule has 1 aromatic rings. The fourth-order valence-corrected chi connectivity index (χ4v) is 0.941. The van der Waals surface area contributed by atoms with Gasteiger partial charge in [0.05, 0.1) is 6.54 Å². The first-order valence-electron chi connectivity index (χ1n) is 4.78. The minimum absolute atomic E-state index is 0.114. The van der Waals surface area contributed by atoms with Crippen LogP contribution in [0, 0.1) is 0 Å². The number of carbonyl (C=O) groups is 1. The lowest BCUT2D eigenvalue weighted by Gasteiger charge is -2.13. The Morgan fingerprint density at radius 2 is 2.25 bits per heavy atom. The maximum absolute atomic E-state index is 11.0. The summed E-state index contributed by atoms with van der Waals surface area (Å²) in [6.07, 6.45) is 2.04. The van der Waals surface area contributed by atoms with E-state index in [9.17, 15) is 9.90 Å². The standard InChI is InChI=1S/C11H14N2O3/c1-8(2)11(15)16-10(14)7-13-9-3-5-12-6-4-9/h3-6,10,14H,1,7H2,2H3,(H,12,13). The maximum Gasteiger partial charge on any atom is 0.335 e. The van der Waals surface area contributed by atoms with E-state index in [0.717, 1.165) is 5.69 Å². The molecule has 0 radical (unpaired) electrons. The van der Waals surface area contributed by atoms with Crippen LogP contribution in [0.5, 0.6) is 0 Å². The average Bonchev–Trinajstić information content (AvgIpc) is 2.27. The van der Waals surface area contributed by atoms with E-state index in [1.54, 1.807) is 24.5 Å². The molecule has 0 aliphatic heterocycles. The second kappa shape index (κ2) is 5.87. The molecule has 0 amide bonds. The summed E-state index contributed by atoms with van der Waals surface area (Å²) in [6, 6.07) is 3.49. The molecule has 86 valence electrons. The summed E-state index contributed by atoms with van der Waals surface area (Å²) >= 11 is 0. The molecule has 0 bridgehead atoms. The smallest absolute Gasteiger partial charge is 0.335 e. The normalized spacial score (nSPS) is 11.6. The van der Waals surface area contributed by atoms with Crippen molar-refractivity contribution >= 4 is 11.7 Å². The van der Waals surface area contributed by atoms with Gasteiger partial charge in [0.15, 0.2) is 0 Å². The predicted molar refractivity (Wildman–Crippen MR) is 59.6 cm³/mol. The molecule has 0 spiro atoms. The number of esters is 1. The van der Waals surface area contributed by atoms with Gasteiger partial charge >= 0.3 is 5.97 Å². The number of aliphatic hydroxyl groups is 1. The highest BCUT2D eigenvalue weighted by atomic mass is 16.6. The number of hydrogen-bond acceptors (Lipinski definition) is 5. The zero-order valence-electron chi connectivity index (χ0n) is 9.01. The first-order chi connectivity index (χ1) is 7.59. The number of hydrogen-bond donors (Lipinski definition) is 2. The summed E-state index contributed by atoms with van der Waals surface area (Å²) < 4.78 is 4.67. The fraction of sp³-hybridized carbons (Fsp3) is 0.273. The lowest BCUT2D eigenvalue weighted by atomic mass is 10.3. The summed E-state index contributed by atoms with van der Waals surface area (Å²) in [4.78, 5) is 14.9. The Bertz CT molecular complexity index is 365. The lowest BCUT2D eigenvalue weighted by Crippen LogP contribution is -2.26. The molecule has 5 nitrogen and oxygen atoms in total. The third-order valence-corrected chi connectivity index (χ3v) is 1.75. The Balaban J connectivity index is 2.33. The van der Waals surface area contributed by atoms with Crippen LogP contribution in [0.3, 0.4) is 0 Å². The number of nitrogens with zero attached hydrogens (tertiary/aromatic N) is 1. The van der Waals surface area contributed by atoms with Crippen molar-refractivity contribution in [2.24, 2.45) is 0 Å². The summed E-state index contributed by atoms with van der Waals surface area (Å²) in [5, 5.41) is 12.3. The summed E-state index contributed by atoms with van der Waals surface area (Å²) in [6.45, 7) is 5.05. The summed E-state index contributed by atoms with van der Waals surface area (Å²) in [5.41, 5.74) is 1.04. The quantitative estimate of drug-likeness (QED) is 0.440. The number of aliphatic hydroxyl groups excluding tert-OH is 1. The van der Waals surface area contributed by atoms with Gasteiger partial charge in [0.1, 0.15) is 0 Å². The van der Waals surface area contributed by atoms with Gasteiger partial charge in [-0.3, -0.25) is 4.98 Å². The third-order valence-electron chi connectivity index (χ3n) is 1.75. The number of ether oxygens (including phenoxy) is 1. The average molecular weight is 222 g/mol. The maximum atomic E-state index is 11.0. The van der Waals surface area contributed by atoms with E-state index < -0.39 is 12.3 Å². The number of pyridine rings is 1. The van der Waals surface area contributed by atoms with Gasteiger partial charge in [-0.05, 0) is 19.1 Å². The highest BCUT2D eigenvalue weighted by Gasteiger charge is 2.10. The van der Waals surface area contributed by atoms with Crippen molar-refractivity contribution in [3.63, 3.8) is 0 Å². The third kappa shape index (κ3) is 4.10. The number of nitrogens with one attached hydrogen (secondary N) is 1. The van der Waals surface area contributed by atoms with Crippen molar-refractivity contribution in [1.82, 2.24) is 4.98 Å². The van der Waals surface area contributed by atoms with E-state index in [2.05, 4.69) is 21.6 Å². The Kier molecular flexibility index (Phi) is 4.47. The second-order valence-corrected chi connectivity index (χ2v) is 3.26. The highest BCUT2D eigenvalue weighted by Crippen LogP contribution is 2.04. The SMILES string of the molecule is C=C(C)C(=O)OC(O)CNc1ccncc1. The first-order valence-corrected chi connectivity index (χ1v) is 4.78. The summed E-state index contributed by atoms with van der Waals surface area (Å²) in [5.74, 6) is -0.607. The van der Waals surface area contributed by atoms with Gasteiger partial charge in [-0.25, -0.2) is 4.79 Å². The second-order valence-electron chi connectivity index (χ2n) is 3.26. The van der Waals surface area contributed by atoms with Crippen molar-refractivity contribution in [3.8, 4) is 0 Å². The van der Waals surface area contributed by atoms with Crippen LogP contribution in [0.15, 0.2) is 36.7 Å². The molecular weight excluding hydrogens is 208 g/mol. The zero-order valence-corrected chi connectivity index (χ0v) is 9.01. The van der Waals surface area contributed by atoms with E-state index in [4.69, 9.17) is 0 Å². The number of aromatic nitrogens is 1. The van der Waals surface area contributed by atoms with Gasteiger partial charge in [-0.1, -0.05) is 6.58 Å². The molecule has 0 saturated heterocycles. The predicted octanol–water partition coefficient (Wildman–Crippen LogP) is 0.931. The largest absolute Gasteiger partial charge is 0.431 e. The van der Waals surface area contributed by atoms with Gasteiger partial charge in [-0.2, -0.15) is 0 Å². The van der Waals surface area contributed by atoms with Gasteiger partial charge in [0.2, 0.25) is 6.29 Å². The molecule has 0 aliphatic rings. The molecular formula is C11H14N2O3. The van der Waals surface area contributed by atoms with Crippen molar-refractivity contribution in [1.29, 1.82) is 0 Å². The Hall–Kier alpha value is -1.88. The van der Waals surface area contributed by atoms with Crippen LogP contribution in [-0.2, 0) is 9.53 Å². The van der Waals surface area contributed by atoms with Crippen LogP contribution in [0.1, 0.15) is 6.92 Å². The topological polar surface area (TPSA) is 71.5 Å². The van der Waals surface area contributed by atoms with E-state index in [-0.39, 0.29) is 12.1 Å². The molecule has 5 heteroatoms. The minimum Gasteiger partial charge on any atom is -0.431 e.